The molecule has 2 fully saturated rings. The van der Waals surface area contributed by atoms with E-state index in [1.165, 1.54) is 6.20 Å². The molecule has 5 rings (SSSR count). The molecule has 1 aliphatic carbocycles. The number of aliphatic hydroxyl groups excluding tert-OH is 1. The topological polar surface area (TPSA) is 90.9 Å². The van der Waals surface area contributed by atoms with E-state index in [-0.39, 0.29) is 35.7 Å². The third-order valence-electron chi connectivity index (χ3n) is 6.96. The van der Waals surface area contributed by atoms with Crippen LogP contribution in [0.25, 0.3) is 0 Å². The Labute approximate surface area is 211 Å². The summed E-state index contributed by atoms with van der Waals surface area (Å²) in [5, 5.41) is 16.6. The van der Waals surface area contributed by atoms with Gasteiger partial charge in [0.25, 0.3) is 11.8 Å². The van der Waals surface area contributed by atoms with E-state index in [2.05, 4.69) is 10.6 Å². The van der Waals surface area contributed by atoms with Crippen molar-refractivity contribution in [2.75, 3.05) is 0 Å². The zero-order valence-electron chi connectivity index (χ0n) is 19.8. The zero-order valence-corrected chi connectivity index (χ0v) is 19.8. The van der Waals surface area contributed by atoms with Crippen LogP contribution in [0.5, 0.6) is 0 Å². The van der Waals surface area contributed by atoms with Crippen LogP contribution in [0.2, 0.25) is 0 Å². The fourth-order valence-corrected chi connectivity index (χ4v) is 5.10. The van der Waals surface area contributed by atoms with Crippen LogP contribution in [0.4, 0.5) is 13.2 Å². The molecule has 3 aliphatic rings. The lowest BCUT2D eigenvalue weighted by Gasteiger charge is -2.47. The van der Waals surface area contributed by atoms with E-state index in [0.717, 1.165) is 31.2 Å². The highest BCUT2D eigenvalue weighted by molar-refractivity contribution is 5.99. The molecule has 3 N–H and O–H groups in total. The number of fused-ring (bicyclic) bond motifs is 3. The van der Waals surface area contributed by atoms with E-state index in [1.54, 1.807) is 4.90 Å². The fourth-order valence-electron chi connectivity index (χ4n) is 5.10. The van der Waals surface area contributed by atoms with E-state index >= 15 is 0 Å². The van der Waals surface area contributed by atoms with E-state index in [4.69, 9.17) is 4.74 Å². The number of nitrogens with one attached hydrogen (secondary N) is 2. The third kappa shape index (κ3) is 4.93. The lowest BCUT2D eigenvalue weighted by molar-refractivity contribution is -0.125. The van der Waals surface area contributed by atoms with Crippen LogP contribution in [0, 0.1) is 17.5 Å². The highest BCUT2D eigenvalue weighted by atomic mass is 19.1. The molecule has 10 heteroatoms. The number of amides is 2. The zero-order chi connectivity index (χ0) is 26.1. The SMILES string of the molecule is O=C(NCc1c(F)cc(F)cc1F)C1=CN2C(=C(OCc3ccccc3)C1O)C(=O)N[C@H]1CCCC[C@@H]12. The minimum absolute atomic E-state index is 0.0485. The molecule has 0 bridgehead atoms. The summed E-state index contributed by atoms with van der Waals surface area (Å²) < 4.78 is 47.3. The Morgan fingerprint density at radius 3 is 2.54 bits per heavy atom. The summed E-state index contributed by atoms with van der Waals surface area (Å²) in [6.45, 7) is -0.517. The van der Waals surface area contributed by atoms with Crippen LogP contribution in [0.1, 0.15) is 36.8 Å². The first kappa shape index (κ1) is 24.9. The Hall–Kier alpha value is -3.79. The van der Waals surface area contributed by atoms with Gasteiger partial charge in [0.2, 0.25) is 0 Å². The number of rotatable bonds is 6. The van der Waals surface area contributed by atoms with Gasteiger partial charge in [-0.1, -0.05) is 43.2 Å². The molecule has 7 nitrogen and oxygen atoms in total. The van der Waals surface area contributed by atoms with Gasteiger partial charge in [-0.2, -0.15) is 0 Å². The van der Waals surface area contributed by atoms with Gasteiger partial charge in [0.05, 0.1) is 11.6 Å². The van der Waals surface area contributed by atoms with Crippen LogP contribution in [0.3, 0.4) is 0 Å². The summed E-state index contributed by atoms with van der Waals surface area (Å²) in [5.41, 5.74) is 0.290. The molecule has 3 atom stereocenters. The lowest BCUT2D eigenvalue weighted by atomic mass is 9.85. The molecule has 1 unspecified atom stereocenters. The maximum Gasteiger partial charge on any atom is 0.271 e. The van der Waals surface area contributed by atoms with Gasteiger partial charge in [-0.3, -0.25) is 9.59 Å². The Kier molecular flexibility index (Phi) is 6.92. The van der Waals surface area contributed by atoms with E-state index in [1.807, 2.05) is 30.3 Å². The first-order chi connectivity index (χ1) is 17.8. The van der Waals surface area contributed by atoms with Gasteiger partial charge < -0.3 is 25.4 Å². The lowest BCUT2D eigenvalue weighted by Crippen LogP contribution is -2.60. The predicted molar refractivity (Wildman–Crippen MR) is 127 cm³/mol. The highest BCUT2D eigenvalue weighted by Crippen LogP contribution is 2.37. The van der Waals surface area contributed by atoms with Crippen LogP contribution < -0.4 is 10.6 Å². The molecular weight excluding hydrogens is 487 g/mol. The standard InChI is InChI=1S/C27H26F3N3O4/c28-16-10-19(29)17(20(30)11-16)12-31-26(35)18-13-33-22-9-5-4-8-21(22)32-27(36)23(33)25(24(18)34)37-14-15-6-2-1-3-7-15/h1-3,6-7,10-11,13,21-22,24,34H,4-5,8-9,12,14H2,(H,31,35)(H,32,36)/t21-,22-,24?/m0/s1. The van der Waals surface area contributed by atoms with Gasteiger partial charge in [0.1, 0.15) is 35.9 Å². The second-order valence-corrected chi connectivity index (χ2v) is 9.34. The van der Waals surface area contributed by atoms with Crippen molar-refractivity contribution in [3.8, 4) is 0 Å². The van der Waals surface area contributed by atoms with E-state index in [9.17, 15) is 27.9 Å². The van der Waals surface area contributed by atoms with Crippen molar-refractivity contribution in [3.05, 3.63) is 94.3 Å². The number of ether oxygens (including phenoxy) is 1. The quantitative estimate of drug-likeness (QED) is 0.552. The van der Waals surface area contributed by atoms with Gasteiger partial charge in [0.15, 0.2) is 5.76 Å². The van der Waals surface area contributed by atoms with Crippen molar-refractivity contribution in [1.82, 2.24) is 15.5 Å². The molecular formula is C27H26F3N3O4. The summed E-state index contributed by atoms with van der Waals surface area (Å²) >= 11 is 0. The minimum atomic E-state index is -1.59. The molecule has 2 heterocycles. The van der Waals surface area contributed by atoms with Crippen LogP contribution in [-0.4, -0.2) is 40.0 Å². The van der Waals surface area contributed by atoms with Gasteiger partial charge in [-0.05, 0) is 18.4 Å². The molecule has 2 amide bonds. The molecule has 2 aromatic rings. The molecule has 0 spiro atoms. The number of carbonyl (C=O) groups excluding carboxylic acids is 2. The van der Waals surface area contributed by atoms with Gasteiger partial charge in [0, 0.05) is 36.5 Å². The third-order valence-corrected chi connectivity index (χ3v) is 6.96. The van der Waals surface area contributed by atoms with Gasteiger partial charge in [-0.15, -0.1) is 0 Å². The maximum absolute atomic E-state index is 14.1. The van der Waals surface area contributed by atoms with Crippen molar-refractivity contribution in [2.24, 2.45) is 0 Å². The number of aliphatic hydroxyl groups is 1. The average Bonchev–Trinajstić information content (AvgIpc) is 2.87. The second kappa shape index (κ2) is 10.3. The van der Waals surface area contributed by atoms with Crippen molar-refractivity contribution < 1.29 is 32.6 Å². The van der Waals surface area contributed by atoms with Crippen molar-refractivity contribution >= 4 is 11.8 Å². The molecule has 2 aromatic carbocycles. The molecule has 0 aromatic heterocycles. The summed E-state index contributed by atoms with van der Waals surface area (Å²) in [4.78, 5) is 27.9. The Morgan fingerprint density at radius 1 is 1.11 bits per heavy atom. The maximum atomic E-state index is 14.1. The summed E-state index contributed by atoms with van der Waals surface area (Å²) in [7, 11) is 0. The fraction of sp³-hybridized carbons (Fsp3) is 0.333. The van der Waals surface area contributed by atoms with E-state index in [0.29, 0.717) is 12.1 Å². The number of carbonyl (C=O) groups is 2. The van der Waals surface area contributed by atoms with Crippen molar-refractivity contribution in [2.45, 2.75) is 57.0 Å². The van der Waals surface area contributed by atoms with Crippen LogP contribution >= 0.6 is 0 Å². The Bertz CT molecular complexity index is 1260. The average molecular weight is 514 g/mol. The smallest absolute Gasteiger partial charge is 0.271 e. The van der Waals surface area contributed by atoms with Crippen molar-refractivity contribution in [3.63, 3.8) is 0 Å². The molecule has 1 saturated carbocycles. The normalized spacial score (nSPS) is 23.0. The molecule has 1 saturated heterocycles. The number of benzene rings is 2. The highest BCUT2D eigenvalue weighted by Gasteiger charge is 2.45. The van der Waals surface area contributed by atoms with Crippen LogP contribution in [0.15, 0.2) is 65.7 Å². The number of halogens is 3. The monoisotopic (exact) mass is 513 g/mol. The summed E-state index contributed by atoms with van der Waals surface area (Å²) in [6, 6.07) is 9.94. The van der Waals surface area contributed by atoms with Gasteiger partial charge in [-0.25, -0.2) is 13.2 Å². The number of nitrogens with zero attached hydrogens (tertiary/aromatic N) is 1. The minimum Gasteiger partial charge on any atom is -0.488 e. The van der Waals surface area contributed by atoms with Gasteiger partial charge >= 0.3 is 0 Å². The Balaban J connectivity index is 1.44. The molecule has 2 aliphatic heterocycles. The first-order valence-electron chi connectivity index (χ1n) is 12.1. The molecule has 194 valence electrons. The summed E-state index contributed by atoms with van der Waals surface area (Å²) in [5.74, 6) is -4.62. The largest absolute Gasteiger partial charge is 0.488 e. The first-order valence-corrected chi connectivity index (χ1v) is 12.1. The van der Waals surface area contributed by atoms with Crippen LogP contribution in [-0.2, 0) is 27.5 Å². The number of hydrogen-bond acceptors (Lipinski definition) is 5. The van der Waals surface area contributed by atoms with E-state index < -0.39 is 47.5 Å². The number of hydrogen-bond donors (Lipinski definition) is 3. The molecule has 37 heavy (non-hydrogen) atoms. The Morgan fingerprint density at radius 2 is 1.81 bits per heavy atom. The molecule has 0 radical (unpaired) electrons. The summed E-state index contributed by atoms with van der Waals surface area (Å²) in [6.07, 6.45) is 3.25. The number of piperazine rings is 1. The van der Waals surface area contributed by atoms with Crippen molar-refractivity contribution in [1.29, 1.82) is 0 Å². The second-order valence-electron chi connectivity index (χ2n) is 9.34. The predicted octanol–water partition coefficient (Wildman–Crippen LogP) is 3.15.